The second-order valence-electron chi connectivity index (χ2n) is 10.1. The van der Waals surface area contributed by atoms with E-state index in [-0.39, 0.29) is 16.6 Å². The van der Waals surface area contributed by atoms with Crippen molar-refractivity contribution in [1.29, 1.82) is 0 Å². The first kappa shape index (κ1) is 27.2. The molecule has 1 unspecified atom stereocenters. The number of benzene rings is 1. The van der Waals surface area contributed by atoms with Crippen LogP contribution in [0.15, 0.2) is 42.5 Å². The topological polar surface area (TPSA) is 56.8 Å². The molecule has 1 aromatic heterocycles. The highest BCUT2D eigenvalue weighted by Gasteiger charge is 2.48. The summed E-state index contributed by atoms with van der Waals surface area (Å²) in [6.45, 7) is 2.28. The van der Waals surface area contributed by atoms with E-state index in [1.54, 1.807) is 26.2 Å². The zero-order valence-corrected chi connectivity index (χ0v) is 21.8. The number of alkyl halides is 3. The Morgan fingerprint density at radius 2 is 1.51 bits per heavy atom. The van der Waals surface area contributed by atoms with E-state index in [1.807, 2.05) is 6.07 Å². The Balaban J connectivity index is 1.31. The highest BCUT2D eigenvalue weighted by molar-refractivity contribution is 6.32. The smallest absolute Gasteiger partial charge is 0.357 e. The first-order chi connectivity index (χ1) is 17.6. The first-order valence-electron chi connectivity index (χ1n) is 12.6. The predicted molar refractivity (Wildman–Crippen MR) is 137 cm³/mol. The van der Waals surface area contributed by atoms with Gasteiger partial charge in [-0.3, -0.25) is 9.59 Å². The minimum atomic E-state index is -4.63. The van der Waals surface area contributed by atoms with Crippen LogP contribution in [0.4, 0.5) is 19.0 Å². The molecule has 2 aliphatic heterocycles. The number of anilines is 1. The maximum atomic E-state index is 13.8. The molecule has 0 spiro atoms. The lowest BCUT2D eigenvalue weighted by molar-refractivity contribution is -0.173. The molecule has 2 aliphatic rings. The number of nitrogens with zero attached hydrogens (tertiary/aromatic N) is 4. The number of halogens is 4. The zero-order valence-electron chi connectivity index (χ0n) is 21.0. The molecule has 37 heavy (non-hydrogen) atoms. The van der Waals surface area contributed by atoms with Gasteiger partial charge in [0, 0.05) is 40.3 Å². The van der Waals surface area contributed by atoms with E-state index in [9.17, 15) is 22.8 Å². The predicted octanol–water partition coefficient (Wildman–Crippen LogP) is 5.24. The Hall–Kier alpha value is -2.81. The average molecular weight is 537 g/mol. The Kier molecular flexibility index (Phi) is 8.31. The van der Waals surface area contributed by atoms with Crippen LogP contribution in [0, 0.1) is 11.8 Å². The standard InChI is InChI=1S/C27H32ClF3N4O2/c1-33(2)25(36)21-8-9-22(32-24(21)28)34-14-10-18(11-15-34)19-12-16-35(17-13-19)26(37)23(27(29,30)31)20-6-4-3-5-7-20/h3-9,18-19,23H,10-17H2,1-2H3. The Bertz CT molecular complexity index is 1100. The second-order valence-corrected chi connectivity index (χ2v) is 10.4. The van der Waals surface area contributed by atoms with Crippen LogP contribution < -0.4 is 4.90 Å². The normalized spacial score (nSPS) is 18.5. The summed E-state index contributed by atoms with van der Waals surface area (Å²) in [5.74, 6) is -1.61. The van der Waals surface area contributed by atoms with E-state index in [2.05, 4.69) is 9.88 Å². The minimum Gasteiger partial charge on any atom is -0.357 e. The molecule has 0 radical (unpaired) electrons. The first-order valence-corrected chi connectivity index (χ1v) is 13.0. The SMILES string of the molecule is CN(C)C(=O)c1ccc(N2CCC(C3CCN(C(=O)C(c4ccccc4)C(F)(F)F)CC3)CC2)nc1Cl. The number of rotatable bonds is 5. The number of carbonyl (C=O) groups excluding carboxylic acids is 2. The maximum absolute atomic E-state index is 13.8. The van der Waals surface area contributed by atoms with Gasteiger partial charge in [-0.25, -0.2) is 4.98 Å². The van der Waals surface area contributed by atoms with Crippen molar-refractivity contribution in [3.63, 3.8) is 0 Å². The molecule has 6 nitrogen and oxygen atoms in total. The lowest BCUT2D eigenvalue weighted by Crippen LogP contribution is -2.46. The van der Waals surface area contributed by atoms with Crippen molar-refractivity contribution in [3.05, 3.63) is 58.7 Å². The van der Waals surface area contributed by atoms with Gasteiger partial charge in [0.1, 0.15) is 11.0 Å². The molecule has 4 rings (SSSR count). The third kappa shape index (κ3) is 6.20. The highest BCUT2D eigenvalue weighted by atomic mass is 35.5. The number of amides is 2. The molecule has 2 amide bonds. The number of likely N-dealkylation sites (tertiary alicyclic amines) is 1. The van der Waals surface area contributed by atoms with Crippen molar-refractivity contribution in [1.82, 2.24) is 14.8 Å². The molecule has 0 saturated carbocycles. The Morgan fingerprint density at radius 1 is 0.946 bits per heavy atom. The molecule has 1 aromatic carbocycles. The number of pyridine rings is 1. The summed E-state index contributed by atoms with van der Waals surface area (Å²) in [5.41, 5.74) is 0.356. The third-order valence-corrected chi connectivity index (χ3v) is 7.85. The molecular formula is C27H32ClF3N4O2. The number of hydrogen-bond donors (Lipinski definition) is 0. The second kappa shape index (κ2) is 11.3. The van der Waals surface area contributed by atoms with Crippen LogP contribution in [0.25, 0.3) is 0 Å². The highest BCUT2D eigenvalue weighted by Crippen LogP contribution is 2.39. The van der Waals surface area contributed by atoms with Gasteiger partial charge in [-0.1, -0.05) is 41.9 Å². The van der Waals surface area contributed by atoms with Gasteiger partial charge in [0.15, 0.2) is 5.92 Å². The van der Waals surface area contributed by atoms with Crippen LogP contribution in [-0.4, -0.2) is 73.0 Å². The molecule has 2 saturated heterocycles. The fourth-order valence-corrected chi connectivity index (χ4v) is 5.72. The van der Waals surface area contributed by atoms with Gasteiger partial charge >= 0.3 is 6.18 Å². The van der Waals surface area contributed by atoms with Gasteiger partial charge in [0.25, 0.3) is 5.91 Å². The summed E-state index contributed by atoms with van der Waals surface area (Å²) in [6.07, 6.45) is -1.34. The van der Waals surface area contributed by atoms with Crippen LogP contribution in [0.3, 0.4) is 0 Å². The number of hydrogen-bond acceptors (Lipinski definition) is 4. The molecular weight excluding hydrogens is 505 g/mol. The number of carbonyl (C=O) groups is 2. The quantitative estimate of drug-likeness (QED) is 0.491. The van der Waals surface area contributed by atoms with E-state index in [0.717, 1.165) is 31.7 Å². The Morgan fingerprint density at radius 3 is 2.03 bits per heavy atom. The summed E-state index contributed by atoms with van der Waals surface area (Å²) in [6, 6.07) is 11.0. The van der Waals surface area contributed by atoms with Crippen molar-refractivity contribution < 1.29 is 22.8 Å². The van der Waals surface area contributed by atoms with Gasteiger partial charge < -0.3 is 14.7 Å². The molecule has 2 fully saturated rings. The van der Waals surface area contributed by atoms with Gasteiger partial charge in [0.05, 0.1) is 5.56 Å². The van der Waals surface area contributed by atoms with E-state index >= 15 is 0 Å². The molecule has 1 atom stereocenters. The summed E-state index contributed by atoms with van der Waals surface area (Å²) >= 11 is 6.28. The van der Waals surface area contributed by atoms with Gasteiger partial charge in [-0.15, -0.1) is 0 Å². The molecule has 2 aromatic rings. The minimum absolute atomic E-state index is 0.0117. The summed E-state index contributed by atoms with van der Waals surface area (Å²) in [5, 5.41) is 0.183. The fourth-order valence-electron chi connectivity index (χ4n) is 5.49. The van der Waals surface area contributed by atoms with Gasteiger partial charge in [-0.2, -0.15) is 13.2 Å². The zero-order chi connectivity index (χ0) is 26.7. The lowest BCUT2D eigenvalue weighted by Gasteiger charge is -2.41. The number of aromatic nitrogens is 1. The number of piperidine rings is 2. The van der Waals surface area contributed by atoms with E-state index in [1.165, 1.54) is 34.1 Å². The van der Waals surface area contributed by atoms with Crippen LogP contribution >= 0.6 is 11.6 Å². The van der Waals surface area contributed by atoms with Crippen molar-refractivity contribution in [3.8, 4) is 0 Å². The van der Waals surface area contributed by atoms with Crippen molar-refractivity contribution in [2.45, 2.75) is 37.8 Å². The third-order valence-electron chi connectivity index (χ3n) is 7.56. The van der Waals surface area contributed by atoms with E-state index in [0.29, 0.717) is 43.3 Å². The van der Waals surface area contributed by atoms with Gasteiger partial charge in [0.2, 0.25) is 5.91 Å². The van der Waals surface area contributed by atoms with Crippen LogP contribution in [0.2, 0.25) is 5.15 Å². The van der Waals surface area contributed by atoms with E-state index < -0.39 is 18.0 Å². The molecule has 3 heterocycles. The van der Waals surface area contributed by atoms with Crippen LogP contribution in [0.5, 0.6) is 0 Å². The van der Waals surface area contributed by atoms with Gasteiger partial charge in [-0.05, 0) is 55.2 Å². The Labute approximate surface area is 220 Å². The fraction of sp³-hybridized carbons (Fsp3) is 0.519. The average Bonchev–Trinajstić information content (AvgIpc) is 2.88. The van der Waals surface area contributed by atoms with Crippen molar-refractivity contribution >= 4 is 29.2 Å². The lowest BCUT2D eigenvalue weighted by atomic mass is 9.78. The molecule has 10 heteroatoms. The monoisotopic (exact) mass is 536 g/mol. The van der Waals surface area contributed by atoms with E-state index in [4.69, 9.17) is 11.6 Å². The summed E-state index contributed by atoms with van der Waals surface area (Å²) in [4.78, 5) is 34.6. The van der Waals surface area contributed by atoms with Crippen molar-refractivity contribution in [2.24, 2.45) is 11.8 Å². The molecule has 200 valence electrons. The van der Waals surface area contributed by atoms with Crippen molar-refractivity contribution in [2.75, 3.05) is 45.2 Å². The molecule has 0 N–H and O–H groups in total. The maximum Gasteiger partial charge on any atom is 0.404 e. The van der Waals surface area contributed by atoms with Crippen LogP contribution in [-0.2, 0) is 4.79 Å². The molecule has 0 aliphatic carbocycles. The van der Waals surface area contributed by atoms with Crippen LogP contribution in [0.1, 0.15) is 47.5 Å². The summed E-state index contributed by atoms with van der Waals surface area (Å²) < 4.78 is 41.4. The largest absolute Gasteiger partial charge is 0.404 e. The summed E-state index contributed by atoms with van der Waals surface area (Å²) in [7, 11) is 3.32. The molecule has 0 bridgehead atoms.